The van der Waals surface area contributed by atoms with Gasteiger partial charge in [0.05, 0.1) is 0 Å². The Balaban J connectivity index is 1.72. The van der Waals surface area contributed by atoms with E-state index in [1.54, 1.807) is 24.3 Å². The Morgan fingerprint density at radius 2 is 1.15 bits per heavy atom. The van der Waals surface area contributed by atoms with Crippen LogP contribution in [0.2, 0.25) is 0 Å². The SMILES string of the molecule is Fc1ccc(/C=C/c2[nH]c3ccccc3c2/C=C/c2ccc(F)cc2)cc1. The van der Waals surface area contributed by atoms with Crippen LogP contribution < -0.4 is 0 Å². The first-order valence-corrected chi connectivity index (χ1v) is 8.67. The Morgan fingerprint density at radius 1 is 0.593 bits per heavy atom. The summed E-state index contributed by atoms with van der Waals surface area (Å²) in [4.78, 5) is 3.42. The van der Waals surface area contributed by atoms with Gasteiger partial charge in [-0.3, -0.25) is 0 Å². The van der Waals surface area contributed by atoms with Crippen molar-refractivity contribution in [2.45, 2.75) is 0 Å². The fourth-order valence-electron chi connectivity index (χ4n) is 3.00. The van der Waals surface area contributed by atoms with Crippen LogP contribution in [0.4, 0.5) is 8.78 Å². The van der Waals surface area contributed by atoms with E-state index in [2.05, 4.69) is 11.1 Å². The molecule has 0 radical (unpaired) electrons. The van der Waals surface area contributed by atoms with Crippen LogP contribution >= 0.6 is 0 Å². The van der Waals surface area contributed by atoms with Crippen molar-refractivity contribution in [1.29, 1.82) is 0 Å². The fraction of sp³-hybridized carbons (Fsp3) is 0. The molecule has 1 N–H and O–H groups in total. The Kier molecular flexibility index (Phi) is 4.67. The second kappa shape index (κ2) is 7.42. The van der Waals surface area contributed by atoms with Gasteiger partial charge >= 0.3 is 0 Å². The number of halogens is 2. The minimum atomic E-state index is -0.249. The second-order valence-electron chi connectivity index (χ2n) is 6.27. The van der Waals surface area contributed by atoms with Crippen molar-refractivity contribution in [1.82, 2.24) is 4.98 Å². The molecule has 0 spiro atoms. The highest BCUT2D eigenvalue weighted by molar-refractivity contribution is 5.96. The van der Waals surface area contributed by atoms with Crippen LogP contribution in [-0.2, 0) is 0 Å². The molecule has 0 aliphatic rings. The zero-order valence-electron chi connectivity index (χ0n) is 14.5. The van der Waals surface area contributed by atoms with Gasteiger partial charge in [-0.25, -0.2) is 8.78 Å². The van der Waals surface area contributed by atoms with E-state index < -0.39 is 0 Å². The largest absolute Gasteiger partial charge is 0.355 e. The third kappa shape index (κ3) is 3.87. The molecular weight excluding hydrogens is 340 g/mol. The standard InChI is InChI=1S/C24H17F2N/c25-19-11-5-17(6-12-19)9-15-22-21-3-1-2-4-23(21)27-24(22)16-10-18-7-13-20(26)14-8-18/h1-16,27H/b15-9+,16-10+. The first-order valence-electron chi connectivity index (χ1n) is 8.67. The number of para-hydroxylation sites is 1. The number of aromatic nitrogens is 1. The van der Waals surface area contributed by atoms with E-state index in [-0.39, 0.29) is 11.6 Å². The Labute approximate surface area is 156 Å². The maximum absolute atomic E-state index is 13.1. The molecule has 3 heteroatoms. The van der Waals surface area contributed by atoms with Crippen LogP contribution in [0.15, 0.2) is 72.8 Å². The molecule has 0 aliphatic carbocycles. The van der Waals surface area contributed by atoms with E-state index in [1.165, 1.54) is 24.3 Å². The van der Waals surface area contributed by atoms with Crippen LogP contribution in [0, 0.1) is 11.6 Å². The van der Waals surface area contributed by atoms with E-state index in [4.69, 9.17) is 0 Å². The van der Waals surface area contributed by atoms with E-state index in [0.29, 0.717) is 0 Å². The van der Waals surface area contributed by atoms with Crippen molar-refractivity contribution in [3.05, 3.63) is 107 Å². The number of benzene rings is 3. The van der Waals surface area contributed by atoms with Crippen molar-refractivity contribution in [2.75, 3.05) is 0 Å². The topological polar surface area (TPSA) is 15.8 Å². The average Bonchev–Trinajstić information content (AvgIpc) is 3.05. The predicted molar refractivity (Wildman–Crippen MR) is 109 cm³/mol. The van der Waals surface area contributed by atoms with E-state index in [1.807, 2.05) is 42.5 Å². The van der Waals surface area contributed by atoms with Gasteiger partial charge < -0.3 is 4.98 Å². The third-order valence-electron chi connectivity index (χ3n) is 4.40. The van der Waals surface area contributed by atoms with Gasteiger partial charge in [-0.15, -0.1) is 0 Å². The number of aromatic amines is 1. The van der Waals surface area contributed by atoms with Crippen LogP contribution in [0.1, 0.15) is 22.4 Å². The molecule has 0 saturated carbocycles. The molecule has 0 atom stereocenters. The van der Waals surface area contributed by atoms with Gasteiger partial charge in [-0.2, -0.15) is 0 Å². The highest BCUT2D eigenvalue weighted by atomic mass is 19.1. The van der Waals surface area contributed by atoms with Crippen molar-refractivity contribution >= 4 is 35.2 Å². The molecule has 1 nitrogen and oxygen atoms in total. The molecule has 1 aromatic heterocycles. The fourth-order valence-corrected chi connectivity index (χ4v) is 3.00. The van der Waals surface area contributed by atoms with Gasteiger partial charge in [0.15, 0.2) is 0 Å². The van der Waals surface area contributed by atoms with Crippen molar-refractivity contribution in [2.24, 2.45) is 0 Å². The summed E-state index contributed by atoms with van der Waals surface area (Å²) in [5.41, 5.74) is 4.89. The molecule has 132 valence electrons. The van der Waals surface area contributed by atoms with Crippen LogP contribution in [0.3, 0.4) is 0 Å². The molecule has 0 amide bonds. The van der Waals surface area contributed by atoms with Gasteiger partial charge in [0.1, 0.15) is 11.6 Å². The third-order valence-corrected chi connectivity index (χ3v) is 4.40. The van der Waals surface area contributed by atoms with E-state index in [0.717, 1.165) is 33.3 Å². The van der Waals surface area contributed by atoms with Gasteiger partial charge in [0.2, 0.25) is 0 Å². The van der Waals surface area contributed by atoms with Gasteiger partial charge in [-0.05, 0) is 47.5 Å². The lowest BCUT2D eigenvalue weighted by Gasteiger charge is -1.97. The lowest BCUT2D eigenvalue weighted by Crippen LogP contribution is -1.79. The van der Waals surface area contributed by atoms with Crippen molar-refractivity contribution in [3.8, 4) is 0 Å². The lowest BCUT2D eigenvalue weighted by molar-refractivity contribution is 0.627. The second-order valence-corrected chi connectivity index (χ2v) is 6.27. The summed E-state index contributed by atoms with van der Waals surface area (Å²) in [5.74, 6) is -0.497. The summed E-state index contributed by atoms with van der Waals surface area (Å²) < 4.78 is 26.2. The first-order chi connectivity index (χ1) is 13.2. The molecule has 0 unspecified atom stereocenters. The smallest absolute Gasteiger partial charge is 0.123 e. The van der Waals surface area contributed by atoms with E-state index in [9.17, 15) is 8.78 Å². The highest BCUT2D eigenvalue weighted by Crippen LogP contribution is 2.26. The number of nitrogens with one attached hydrogen (secondary N) is 1. The Bertz CT molecular complexity index is 1120. The van der Waals surface area contributed by atoms with Gasteiger partial charge in [0.25, 0.3) is 0 Å². The Morgan fingerprint density at radius 3 is 1.78 bits per heavy atom. The molecule has 27 heavy (non-hydrogen) atoms. The number of hydrogen-bond donors (Lipinski definition) is 1. The van der Waals surface area contributed by atoms with Crippen LogP contribution in [0.25, 0.3) is 35.2 Å². The quantitative estimate of drug-likeness (QED) is 0.414. The molecule has 4 rings (SSSR count). The normalized spacial score (nSPS) is 11.8. The summed E-state index contributed by atoms with van der Waals surface area (Å²) in [6.45, 7) is 0. The molecule has 1 heterocycles. The number of rotatable bonds is 4. The van der Waals surface area contributed by atoms with Crippen LogP contribution in [0.5, 0.6) is 0 Å². The maximum Gasteiger partial charge on any atom is 0.123 e. The summed E-state index contributed by atoms with van der Waals surface area (Å²) >= 11 is 0. The number of hydrogen-bond acceptors (Lipinski definition) is 0. The molecule has 0 saturated heterocycles. The predicted octanol–water partition coefficient (Wildman–Crippen LogP) is 6.79. The molecule has 0 bridgehead atoms. The van der Waals surface area contributed by atoms with Crippen molar-refractivity contribution in [3.63, 3.8) is 0 Å². The summed E-state index contributed by atoms with van der Waals surface area (Å²) in [6.07, 6.45) is 7.91. The first kappa shape index (κ1) is 17.0. The molecular formula is C24H17F2N. The average molecular weight is 357 g/mol. The lowest BCUT2D eigenvalue weighted by atomic mass is 10.1. The van der Waals surface area contributed by atoms with Gasteiger partial charge in [0, 0.05) is 22.2 Å². The minimum absolute atomic E-state index is 0.248. The summed E-state index contributed by atoms with van der Waals surface area (Å²) in [5, 5.41) is 1.11. The highest BCUT2D eigenvalue weighted by Gasteiger charge is 2.06. The maximum atomic E-state index is 13.1. The number of H-pyrrole nitrogens is 1. The zero-order chi connectivity index (χ0) is 18.6. The monoisotopic (exact) mass is 357 g/mol. The summed E-state index contributed by atoms with van der Waals surface area (Å²) in [6, 6.07) is 20.8. The number of fused-ring (bicyclic) bond motifs is 1. The summed E-state index contributed by atoms with van der Waals surface area (Å²) in [7, 11) is 0. The minimum Gasteiger partial charge on any atom is -0.355 e. The van der Waals surface area contributed by atoms with Crippen LogP contribution in [-0.4, -0.2) is 4.98 Å². The van der Waals surface area contributed by atoms with Gasteiger partial charge in [-0.1, -0.05) is 60.7 Å². The Hall–Kier alpha value is -3.46. The molecule has 0 fully saturated rings. The molecule has 4 aromatic rings. The van der Waals surface area contributed by atoms with E-state index >= 15 is 0 Å². The van der Waals surface area contributed by atoms with Crippen molar-refractivity contribution < 1.29 is 8.78 Å². The molecule has 0 aliphatic heterocycles. The molecule has 3 aromatic carbocycles. The zero-order valence-corrected chi connectivity index (χ0v) is 14.5.